The number of nitro benzene ring substituents is 1. The average Bonchev–Trinajstić information content (AvgIpc) is 2.46. The van der Waals surface area contributed by atoms with Gasteiger partial charge in [0.25, 0.3) is 11.6 Å². The summed E-state index contributed by atoms with van der Waals surface area (Å²) in [5.74, 6) is -0.435. The first-order valence-electron chi connectivity index (χ1n) is 5.88. The minimum absolute atomic E-state index is 0.0674. The van der Waals surface area contributed by atoms with Gasteiger partial charge in [0.2, 0.25) is 0 Å². The first-order valence-corrected chi connectivity index (χ1v) is 5.88. The number of nitro groups is 1. The SMILES string of the molecule is N#CC1CN(C(=O)c2cccc([N+](=O)[O-])c2N)CCO1. The number of benzene rings is 1. The predicted molar refractivity (Wildman–Crippen MR) is 68.8 cm³/mol. The van der Waals surface area contributed by atoms with Crippen molar-refractivity contribution in [2.75, 3.05) is 25.4 Å². The molecule has 1 aliphatic rings. The van der Waals surface area contributed by atoms with Crippen molar-refractivity contribution in [1.82, 2.24) is 4.90 Å². The molecule has 0 aromatic heterocycles. The summed E-state index contributed by atoms with van der Waals surface area (Å²) in [7, 11) is 0. The molecule has 20 heavy (non-hydrogen) atoms. The van der Waals surface area contributed by atoms with Crippen molar-refractivity contribution in [3.8, 4) is 6.07 Å². The number of ether oxygens (including phenoxy) is 1. The Labute approximate surface area is 114 Å². The second kappa shape index (κ2) is 5.54. The fraction of sp³-hybridized carbons (Fsp3) is 0.333. The molecule has 0 saturated carbocycles. The molecule has 1 heterocycles. The van der Waals surface area contributed by atoms with Crippen molar-refractivity contribution in [2.24, 2.45) is 0 Å². The lowest BCUT2D eigenvalue weighted by molar-refractivity contribution is -0.383. The number of nitrogens with two attached hydrogens (primary N) is 1. The van der Waals surface area contributed by atoms with Crippen molar-refractivity contribution >= 4 is 17.3 Å². The minimum atomic E-state index is -0.687. The molecule has 1 amide bonds. The zero-order chi connectivity index (χ0) is 14.7. The van der Waals surface area contributed by atoms with E-state index in [9.17, 15) is 14.9 Å². The molecule has 2 N–H and O–H groups in total. The highest BCUT2D eigenvalue weighted by Crippen LogP contribution is 2.26. The highest BCUT2D eigenvalue weighted by atomic mass is 16.6. The van der Waals surface area contributed by atoms with Gasteiger partial charge in [-0.05, 0) is 6.07 Å². The van der Waals surface area contributed by atoms with Crippen LogP contribution in [-0.2, 0) is 4.74 Å². The number of nitrogen functional groups attached to an aromatic ring is 1. The predicted octanol–water partition coefficient (Wildman–Crippen LogP) is 0.542. The van der Waals surface area contributed by atoms with Crippen LogP contribution in [0.2, 0.25) is 0 Å². The summed E-state index contributed by atoms with van der Waals surface area (Å²) >= 11 is 0. The lowest BCUT2D eigenvalue weighted by atomic mass is 10.1. The average molecular weight is 276 g/mol. The van der Waals surface area contributed by atoms with Crippen LogP contribution in [0.25, 0.3) is 0 Å². The van der Waals surface area contributed by atoms with E-state index in [1.165, 1.54) is 23.1 Å². The first-order chi connectivity index (χ1) is 9.54. The number of carbonyl (C=O) groups excluding carboxylic acids is 1. The van der Waals surface area contributed by atoms with E-state index in [0.29, 0.717) is 6.54 Å². The van der Waals surface area contributed by atoms with Gasteiger partial charge in [0.1, 0.15) is 5.69 Å². The Morgan fingerprint density at radius 2 is 2.35 bits per heavy atom. The molecule has 0 spiro atoms. The zero-order valence-corrected chi connectivity index (χ0v) is 10.5. The standard InChI is InChI=1S/C12H12N4O4/c13-6-8-7-15(4-5-20-8)12(17)9-2-1-3-10(11(9)14)16(18)19/h1-3,8H,4-5,7,14H2. The second-order valence-corrected chi connectivity index (χ2v) is 4.24. The second-order valence-electron chi connectivity index (χ2n) is 4.24. The number of hydrogen-bond acceptors (Lipinski definition) is 6. The molecule has 0 aliphatic carbocycles. The third kappa shape index (κ3) is 2.53. The van der Waals surface area contributed by atoms with Gasteiger partial charge >= 0.3 is 0 Å². The lowest BCUT2D eigenvalue weighted by Gasteiger charge is -2.30. The van der Waals surface area contributed by atoms with Crippen LogP contribution >= 0.6 is 0 Å². The lowest BCUT2D eigenvalue weighted by Crippen LogP contribution is -2.45. The summed E-state index contributed by atoms with van der Waals surface area (Å²) in [6, 6.07) is 6.01. The van der Waals surface area contributed by atoms with Gasteiger partial charge in [-0.1, -0.05) is 6.07 Å². The van der Waals surface area contributed by atoms with Crippen LogP contribution < -0.4 is 5.73 Å². The van der Waals surface area contributed by atoms with Crippen LogP contribution in [0.15, 0.2) is 18.2 Å². The molecule has 0 bridgehead atoms. The van der Waals surface area contributed by atoms with Gasteiger partial charge in [-0.15, -0.1) is 0 Å². The van der Waals surface area contributed by atoms with Gasteiger partial charge in [-0.25, -0.2) is 0 Å². The maximum Gasteiger partial charge on any atom is 0.292 e. The van der Waals surface area contributed by atoms with Gasteiger partial charge in [-0.2, -0.15) is 5.26 Å². The molecule has 1 aromatic carbocycles. The normalized spacial score (nSPS) is 18.4. The van der Waals surface area contributed by atoms with Crippen molar-refractivity contribution in [3.05, 3.63) is 33.9 Å². The number of para-hydroxylation sites is 1. The summed E-state index contributed by atoms with van der Waals surface area (Å²) in [4.78, 5) is 23.9. The van der Waals surface area contributed by atoms with E-state index in [0.717, 1.165) is 0 Å². The highest BCUT2D eigenvalue weighted by molar-refractivity contribution is 6.01. The Balaban J connectivity index is 2.28. The molecule has 1 atom stereocenters. The summed E-state index contributed by atoms with van der Waals surface area (Å²) in [5.41, 5.74) is 5.27. The molecule has 8 nitrogen and oxygen atoms in total. The van der Waals surface area contributed by atoms with E-state index in [4.69, 9.17) is 15.7 Å². The molecule has 1 saturated heterocycles. The van der Waals surface area contributed by atoms with Crippen molar-refractivity contribution in [2.45, 2.75) is 6.10 Å². The minimum Gasteiger partial charge on any atom is -0.393 e. The summed E-state index contributed by atoms with van der Waals surface area (Å²) < 4.78 is 5.14. The number of rotatable bonds is 2. The van der Waals surface area contributed by atoms with E-state index in [1.54, 1.807) is 0 Å². The highest BCUT2D eigenvalue weighted by Gasteiger charge is 2.27. The third-order valence-corrected chi connectivity index (χ3v) is 3.01. The summed E-state index contributed by atoms with van der Waals surface area (Å²) in [5, 5.41) is 19.6. The Bertz CT molecular complexity index is 596. The fourth-order valence-electron chi connectivity index (χ4n) is 1.98. The number of morpholine rings is 1. The maximum absolute atomic E-state index is 12.3. The third-order valence-electron chi connectivity index (χ3n) is 3.01. The van der Waals surface area contributed by atoms with E-state index >= 15 is 0 Å². The topological polar surface area (TPSA) is 122 Å². The van der Waals surface area contributed by atoms with E-state index in [-0.39, 0.29) is 30.1 Å². The Kier molecular flexibility index (Phi) is 3.81. The Morgan fingerprint density at radius 3 is 3.00 bits per heavy atom. The number of nitrogens with zero attached hydrogens (tertiary/aromatic N) is 3. The first kappa shape index (κ1) is 13.8. The number of hydrogen-bond donors (Lipinski definition) is 1. The van der Waals surface area contributed by atoms with E-state index in [2.05, 4.69) is 0 Å². The molecule has 0 radical (unpaired) electrons. The van der Waals surface area contributed by atoms with Crippen LogP contribution in [0.3, 0.4) is 0 Å². The summed E-state index contributed by atoms with van der Waals surface area (Å²) in [6.45, 7) is 0.690. The van der Waals surface area contributed by atoms with Crippen molar-refractivity contribution < 1.29 is 14.5 Å². The molecular formula is C12H12N4O4. The van der Waals surface area contributed by atoms with Crippen LogP contribution in [0.4, 0.5) is 11.4 Å². The van der Waals surface area contributed by atoms with Crippen LogP contribution in [-0.4, -0.2) is 41.5 Å². The Morgan fingerprint density at radius 1 is 1.60 bits per heavy atom. The molecule has 1 aliphatic heterocycles. The largest absolute Gasteiger partial charge is 0.393 e. The quantitative estimate of drug-likeness (QED) is 0.478. The van der Waals surface area contributed by atoms with Crippen molar-refractivity contribution in [1.29, 1.82) is 5.26 Å². The molecule has 2 rings (SSSR count). The van der Waals surface area contributed by atoms with Gasteiger partial charge in [0, 0.05) is 12.6 Å². The van der Waals surface area contributed by atoms with E-state index < -0.39 is 16.9 Å². The smallest absolute Gasteiger partial charge is 0.292 e. The Hall–Kier alpha value is -2.66. The number of nitriles is 1. The molecule has 1 fully saturated rings. The molecule has 8 heteroatoms. The zero-order valence-electron chi connectivity index (χ0n) is 10.5. The molecule has 104 valence electrons. The van der Waals surface area contributed by atoms with Gasteiger partial charge in [0.15, 0.2) is 6.10 Å². The maximum atomic E-state index is 12.3. The number of amides is 1. The van der Waals surface area contributed by atoms with E-state index in [1.807, 2.05) is 6.07 Å². The molecular weight excluding hydrogens is 264 g/mol. The monoisotopic (exact) mass is 276 g/mol. The van der Waals surface area contributed by atoms with Gasteiger partial charge < -0.3 is 15.4 Å². The van der Waals surface area contributed by atoms with Crippen LogP contribution in [0, 0.1) is 21.4 Å². The molecule has 1 aromatic rings. The number of anilines is 1. The van der Waals surface area contributed by atoms with Crippen LogP contribution in [0.1, 0.15) is 10.4 Å². The van der Waals surface area contributed by atoms with Crippen molar-refractivity contribution in [3.63, 3.8) is 0 Å². The number of carbonyl (C=O) groups is 1. The molecule has 1 unspecified atom stereocenters. The van der Waals surface area contributed by atoms with Gasteiger partial charge in [-0.3, -0.25) is 14.9 Å². The van der Waals surface area contributed by atoms with Gasteiger partial charge in [0.05, 0.1) is 29.7 Å². The summed E-state index contributed by atoms with van der Waals surface area (Å²) in [6.07, 6.45) is -0.687. The van der Waals surface area contributed by atoms with Crippen LogP contribution in [0.5, 0.6) is 0 Å². The fourth-order valence-corrected chi connectivity index (χ4v) is 1.98.